The highest BCUT2D eigenvalue weighted by Gasteiger charge is 2.24. The molecule has 3 amide bonds. The molecule has 0 atom stereocenters. The minimum absolute atomic E-state index is 0.0222. The van der Waals surface area contributed by atoms with E-state index in [0.717, 1.165) is 26.9 Å². The van der Waals surface area contributed by atoms with E-state index in [1.54, 1.807) is 30.5 Å². The molecule has 0 aliphatic rings. The molecular formula is C31H35N3O4S. The van der Waals surface area contributed by atoms with Crippen molar-refractivity contribution in [2.24, 2.45) is 0 Å². The minimum Gasteiger partial charge on any atom is -0.493 e. The number of fused-ring (bicyclic) bond motifs is 1. The van der Waals surface area contributed by atoms with Crippen molar-refractivity contribution in [2.45, 2.75) is 32.9 Å². The van der Waals surface area contributed by atoms with Gasteiger partial charge in [0.15, 0.2) is 11.5 Å². The number of methoxy groups -OCH3 is 2. The number of urea groups is 1. The second kappa shape index (κ2) is 13.2. The monoisotopic (exact) mass is 545 g/mol. The number of hydrogen-bond acceptors (Lipinski definition) is 5. The van der Waals surface area contributed by atoms with Crippen LogP contribution < -0.4 is 14.8 Å². The minimum atomic E-state index is -0.300. The Labute approximate surface area is 234 Å². The van der Waals surface area contributed by atoms with Crippen LogP contribution in [0.2, 0.25) is 0 Å². The van der Waals surface area contributed by atoms with Gasteiger partial charge in [0.25, 0.3) is 0 Å². The van der Waals surface area contributed by atoms with E-state index in [2.05, 4.69) is 5.32 Å². The second-order valence-electron chi connectivity index (χ2n) is 9.51. The normalized spacial score (nSPS) is 10.9. The molecule has 1 aromatic heterocycles. The number of rotatable bonds is 11. The number of amides is 3. The molecule has 3 aromatic carbocycles. The van der Waals surface area contributed by atoms with Crippen molar-refractivity contribution in [1.82, 2.24) is 9.80 Å². The summed E-state index contributed by atoms with van der Waals surface area (Å²) in [5.41, 5.74) is 1.76. The van der Waals surface area contributed by atoms with E-state index in [1.165, 1.54) is 0 Å². The molecule has 0 radical (unpaired) electrons. The fourth-order valence-electron chi connectivity index (χ4n) is 4.44. The van der Waals surface area contributed by atoms with Gasteiger partial charge in [-0.1, -0.05) is 48.5 Å². The molecule has 0 fully saturated rings. The Morgan fingerprint density at radius 1 is 0.923 bits per heavy atom. The number of anilines is 1. The van der Waals surface area contributed by atoms with E-state index < -0.39 is 0 Å². The highest BCUT2D eigenvalue weighted by molar-refractivity contribution is 7.09. The van der Waals surface area contributed by atoms with Crippen LogP contribution in [0.25, 0.3) is 10.8 Å². The van der Waals surface area contributed by atoms with Gasteiger partial charge in [-0.15, -0.1) is 11.3 Å². The van der Waals surface area contributed by atoms with Crippen molar-refractivity contribution < 1.29 is 19.1 Å². The Balaban J connectivity index is 1.49. The van der Waals surface area contributed by atoms with Gasteiger partial charge in [-0.2, -0.15) is 0 Å². The zero-order valence-electron chi connectivity index (χ0n) is 22.8. The van der Waals surface area contributed by atoms with Gasteiger partial charge in [-0.05, 0) is 60.9 Å². The number of benzene rings is 3. The molecule has 4 rings (SSSR count). The molecule has 204 valence electrons. The lowest BCUT2D eigenvalue weighted by molar-refractivity contribution is -0.132. The molecule has 0 unspecified atom stereocenters. The maximum atomic E-state index is 13.7. The second-order valence-corrected chi connectivity index (χ2v) is 10.5. The molecule has 7 nitrogen and oxygen atoms in total. The fraction of sp³-hybridized carbons (Fsp3) is 0.290. The molecule has 8 heteroatoms. The summed E-state index contributed by atoms with van der Waals surface area (Å²) in [5, 5.41) is 7.03. The number of hydrogen-bond donors (Lipinski definition) is 1. The predicted molar refractivity (Wildman–Crippen MR) is 158 cm³/mol. The molecular weight excluding hydrogens is 510 g/mol. The van der Waals surface area contributed by atoms with Gasteiger partial charge in [0.1, 0.15) is 6.54 Å². The van der Waals surface area contributed by atoms with Crippen molar-refractivity contribution >= 4 is 39.7 Å². The van der Waals surface area contributed by atoms with E-state index in [4.69, 9.17) is 9.47 Å². The Morgan fingerprint density at radius 3 is 2.41 bits per heavy atom. The van der Waals surface area contributed by atoms with Gasteiger partial charge < -0.3 is 24.6 Å². The first-order valence-corrected chi connectivity index (χ1v) is 13.8. The average molecular weight is 546 g/mol. The van der Waals surface area contributed by atoms with Crippen molar-refractivity contribution in [3.05, 3.63) is 88.6 Å². The summed E-state index contributed by atoms with van der Waals surface area (Å²) in [4.78, 5) is 31.6. The van der Waals surface area contributed by atoms with Gasteiger partial charge >= 0.3 is 6.03 Å². The third-order valence-electron chi connectivity index (χ3n) is 6.62. The average Bonchev–Trinajstić information content (AvgIpc) is 3.46. The quantitative estimate of drug-likeness (QED) is 0.236. The van der Waals surface area contributed by atoms with Gasteiger partial charge in [0.05, 0.1) is 26.5 Å². The smallest absolute Gasteiger partial charge is 0.322 e. The number of ether oxygens (including phenoxy) is 2. The number of thiophene rings is 1. The fourth-order valence-corrected chi connectivity index (χ4v) is 5.16. The highest BCUT2D eigenvalue weighted by Crippen LogP contribution is 2.28. The summed E-state index contributed by atoms with van der Waals surface area (Å²) in [7, 11) is 3.22. The van der Waals surface area contributed by atoms with E-state index in [0.29, 0.717) is 31.0 Å². The number of carbonyl (C=O) groups excluding carboxylic acids is 2. The van der Waals surface area contributed by atoms with E-state index in [9.17, 15) is 9.59 Å². The Morgan fingerprint density at radius 2 is 1.69 bits per heavy atom. The molecule has 0 saturated carbocycles. The van der Waals surface area contributed by atoms with Crippen molar-refractivity contribution in [3.63, 3.8) is 0 Å². The number of nitrogens with zero attached hydrogens (tertiary/aromatic N) is 2. The lowest BCUT2D eigenvalue weighted by Crippen LogP contribution is -2.47. The summed E-state index contributed by atoms with van der Waals surface area (Å²) in [6, 6.07) is 23.0. The molecule has 1 N–H and O–H groups in total. The SMILES string of the molecule is COc1ccc(CCN(Cc2cccs2)C(=O)CN(C(=O)Nc2cccc3ccccc23)C(C)C)cc1OC. The molecule has 39 heavy (non-hydrogen) atoms. The molecule has 0 spiro atoms. The van der Waals surface area contributed by atoms with Crippen LogP contribution in [0, 0.1) is 0 Å². The number of nitrogens with one attached hydrogen (secondary N) is 1. The summed E-state index contributed by atoms with van der Waals surface area (Å²) >= 11 is 1.61. The van der Waals surface area contributed by atoms with Crippen molar-refractivity contribution in [1.29, 1.82) is 0 Å². The van der Waals surface area contributed by atoms with E-state index in [-0.39, 0.29) is 24.5 Å². The third-order valence-corrected chi connectivity index (χ3v) is 7.48. The van der Waals surface area contributed by atoms with Crippen LogP contribution in [0.15, 0.2) is 78.2 Å². The van der Waals surface area contributed by atoms with Crippen LogP contribution >= 0.6 is 11.3 Å². The maximum absolute atomic E-state index is 13.7. The summed E-state index contributed by atoms with van der Waals surface area (Å²) in [6.07, 6.45) is 0.640. The van der Waals surface area contributed by atoms with Crippen LogP contribution in [0.5, 0.6) is 11.5 Å². The van der Waals surface area contributed by atoms with Crippen LogP contribution in [0.1, 0.15) is 24.3 Å². The molecule has 0 aliphatic carbocycles. The topological polar surface area (TPSA) is 71.1 Å². The Kier molecular flexibility index (Phi) is 9.44. The predicted octanol–water partition coefficient (Wildman–Crippen LogP) is 6.43. The highest BCUT2D eigenvalue weighted by atomic mass is 32.1. The van der Waals surface area contributed by atoms with Gasteiger partial charge in [0.2, 0.25) is 5.91 Å². The molecule has 0 saturated heterocycles. The summed E-state index contributed by atoms with van der Waals surface area (Å²) in [6.45, 7) is 4.81. The van der Waals surface area contributed by atoms with Gasteiger partial charge in [-0.3, -0.25) is 4.79 Å². The molecule has 0 aliphatic heterocycles. The summed E-state index contributed by atoms with van der Waals surface area (Å²) < 4.78 is 10.8. The zero-order valence-corrected chi connectivity index (χ0v) is 23.7. The summed E-state index contributed by atoms with van der Waals surface area (Å²) in [5.74, 6) is 1.21. The maximum Gasteiger partial charge on any atom is 0.322 e. The molecule has 4 aromatic rings. The lowest BCUT2D eigenvalue weighted by atomic mass is 10.1. The van der Waals surface area contributed by atoms with Crippen LogP contribution in [-0.4, -0.2) is 55.1 Å². The standard InChI is InChI=1S/C31H35N3O4S/c1-22(2)34(31(36)32-27-13-7-10-24-9-5-6-12-26(24)27)21-30(35)33(20-25-11-8-18-39-25)17-16-23-14-15-28(37-3)29(19-23)38-4/h5-15,18-19,22H,16-17,20-21H2,1-4H3,(H,32,36). The van der Waals surface area contributed by atoms with E-state index in [1.807, 2.05) is 96.9 Å². The third kappa shape index (κ3) is 7.09. The van der Waals surface area contributed by atoms with Gasteiger partial charge in [-0.25, -0.2) is 4.79 Å². The zero-order chi connectivity index (χ0) is 27.8. The molecule has 1 heterocycles. The largest absolute Gasteiger partial charge is 0.493 e. The first kappa shape index (κ1) is 28.0. The molecule has 0 bridgehead atoms. The number of carbonyl (C=O) groups is 2. The van der Waals surface area contributed by atoms with Gasteiger partial charge in [0, 0.05) is 22.8 Å². The van der Waals surface area contributed by atoms with E-state index >= 15 is 0 Å². The Bertz CT molecular complexity index is 1400. The lowest BCUT2D eigenvalue weighted by Gasteiger charge is -2.30. The van der Waals surface area contributed by atoms with Crippen molar-refractivity contribution in [3.8, 4) is 11.5 Å². The first-order chi connectivity index (χ1) is 18.9. The first-order valence-electron chi connectivity index (χ1n) is 13.0. The van der Waals surface area contributed by atoms with Crippen LogP contribution in [-0.2, 0) is 17.8 Å². The van der Waals surface area contributed by atoms with Crippen LogP contribution in [0.3, 0.4) is 0 Å². The van der Waals surface area contributed by atoms with Crippen LogP contribution in [0.4, 0.5) is 10.5 Å². The van der Waals surface area contributed by atoms with Crippen molar-refractivity contribution in [2.75, 3.05) is 32.6 Å². The Hall–Kier alpha value is -4.04.